The van der Waals surface area contributed by atoms with E-state index >= 15 is 0 Å². The maximum absolute atomic E-state index is 12.7. The number of carbonyl (C=O) groups excluding carboxylic acids is 2. The minimum absolute atomic E-state index is 0.0278. The van der Waals surface area contributed by atoms with E-state index < -0.39 is 0 Å². The monoisotopic (exact) mass is 345 g/mol. The highest BCUT2D eigenvalue weighted by Gasteiger charge is 2.51. The van der Waals surface area contributed by atoms with Crippen LogP contribution in [-0.4, -0.2) is 73.6 Å². The Morgan fingerprint density at radius 2 is 1.96 bits per heavy atom. The largest absolute Gasteiger partial charge is 0.372 e. The Balaban J connectivity index is 1.39. The topological polar surface area (TPSA) is 71.1 Å². The molecule has 7 heteroatoms. The number of morpholine rings is 1. The number of benzene rings is 1. The predicted molar refractivity (Wildman–Crippen MR) is 90.0 cm³/mol. The summed E-state index contributed by atoms with van der Waals surface area (Å²) in [5.74, 6) is -0.00929. The summed E-state index contributed by atoms with van der Waals surface area (Å²) in [6.07, 6.45) is 0. The Hall–Kier alpha value is -1.96. The number of hydrogen-bond acceptors (Lipinski definition) is 5. The summed E-state index contributed by atoms with van der Waals surface area (Å²) in [6, 6.07) is 5.52. The number of ether oxygens (including phenoxy) is 2. The van der Waals surface area contributed by atoms with Crippen LogP contribution < -0.4 is 5.32 Å². The third kappa shape index (κ3) is 2.82. The predicted octanol–water partition coefficient (Wildman–Crippen LogP) is -0.0120. The molecule has 0 unspecified atom stereocenters. The fraction of sp³-hybridized carbons (Fsp3) is 0.556. The van der Waals surface area contributed by atoms with E-state index in [0.717, 1.165) is 11.1 Å². The standard InChI is InChI=1S/C18H23N3O4/c1-19-16(22)15-8-25-18(9-20(15)2)10-21(11-18)17(23)12-3-4-13-6-24-7-14(13)5-12/h3-5,15H,6-11H2,1-2H3,(H,19,22)/t15-/m0/s1. The van der Waals surface area contributed by atoms with Crippen LogP contribution in [0, 0.1) is 0 Å². The van der Waals surface area contributed by atoms with Gasteiger partial charge < -0.3 is 19.7 Å². The second-order valence-corrected chi connectivity index (χ2v) is 7.18. The van der Waals surface area contributed by atoms with Crippen molar-refractivity contribution < 1.29 is 19.1 Å². The van der Waals surface area contributed by atoms with Gasteiger partial charge in [0.25, 0.3) is 5.91 Å². The van der Waals surface area contributed by atoms with E-state index in [0.29, 0.717) is 45.0 Å². The molecule has 2 saturated heterocycles. The lowest BCUT2D eigenvalue weighted by Gasteiger charge is -2.54. The summed E-state index contributed by atoms with van der Waals surface area (Å²) in [4.78, 5) is 28.4. The van der Waals surface area contributed by atoms with Gasteiger partial charge in [-0.2, -0.15) is 0 Å². The molecule has 1 spiro atoms. The molecule has 0 aromatic heterocycles. The van der Waals surface area contributed by atoms with Gasteiger partial charge in [0.05, 0.1) is 32.9 Å². The molecule has 3 heterocycles. The highest BCUT2D eigenvalue weighted by molar-refractivity contribution is 5.95. The van der Waals surface area contributed by atoms with Gasteiger partial charge >= 0.3 is 0 Å². The number of nitrogens with zero attached hydrogens (tertiary/aromatic N) is 2. The van der Waals surface area contributed by atoms with E-state index in [1.165, 1.54) is 0 Å². The molecule has 0 aliphatic carbocycles. The van der Waals surface area contributed by atoms with Crippen LogP contribution in [0.5, 0.6) is 0 Å². The van der Waals surface area contributed by atoms with Gasteiger partial charge in [-0.25, -0.2) is 0 Å². The molecule has 1 N–H and O–H groups in total. The number of nitrogens with one attached hydrogen (secondary N) is 1. The van der Waals surface area contributed by atoms with Gasteiger partial charge in [-0.3, -0.25) is 14.5 Å². The Morgan fingerprint density at radius 1 is 1.20 bits per heavy atom. The van der Waals surface area contributed by atoms with E-state index in [1.807, 2.05) is 35.0 Å². The van der Waals surface area contributed by atoms with Gasteiger partial charge in [-0.05, 0) is 30.3 Å². The minimum atomic E-state index is -0.352. The molecule has 2 amide bonds. The SMILES string of the molecule is CNC(=O)[C@@H]1COC2(CN(C(=O)c3ccc4c(c3)COC4)C2)CN1C. The molecule has 1 atom stereocenters. The van der Waals surface area contributed by atoms with Crippen molar-refractivity contribution in [2.45, 2.75) is 24.9 Å². The first-order valence-electron chi connectivity index (χ1n) is 8.56. The minimum Gasteiger partial charge on any atom is -0.372 e. The summed E-state index contributed by atoms with van der Waals surface area (Å²) in [7, 11) is 3.56. The molecular formula is C18H23N3O4. The van der Waals surface area contributed by atoms with Crippen LogP contribution in [0.2, 0.25) is 0 Å². The van der Waals surface area contributed by atoms with Crippen molar-refractivity contribution in [3.05, 3.63) is 34.9 Å². The van der Waals surface area contributed by atoms with E-state index in [-0.39, 0.29) is 23.5 Å². The van der Waals surface area contributed by atoms with Crippen LogP contribution in [0.4, 0.5) is 0 Å². The summed E-state index contributed by atoms with van der Waals surface area (Å²) in [5, 5.41) is 2.66. The molecule has 1 aromatic carbocycles. The number of likely N-dealkylation sites (tertiary alicyclic amines) is 1. The number of likely N-dealkylation sites (N-methyl/N-ethyl adjacent to an activating group) is 2. The third-order valence-corrected chi connectivity index (χ3v) is 5.38. The fourth-order valence-electron chi connectivity index (χ4n) is 3.91. The maximum Gasteiger partial charge on any atom is 0.254 e. The van der Waals surface area contributed by atoms with Crippen LogP contribution in [0.15, 0.2) is 18.2 Å². The lowest BCUT2D eigenvalue weighted by Crippen LogP contribution is -2.73. The zero-order valence-electron chi connectivity index (χ0n) is 14.6. The van der Waals surface area contributed by atoms with Crippen LogP contribution >= 0.6 is 0 Å². The fourth-order valence-corrected chi connectivity index (χ4v) is 3.91. The molecule has 0 radical (unpaired) electrons. The van der Waals surface area contributed by atoms with Gasteiger partial charge in [-0.1, -0.05) is 6.07 Å². The van der Waals surface area contributed by atoms with Gasteiger partial charge in [-0.15, -0.1) is 0 Å². The normalized spacial score (nSPS) is 24.7. The zero-order valence-corrected chi connectivity index (χ0v) is 14.6. The zero-order chi connectivity index (χ0) is 17.6. The Labute approximate surface area is 146 Å². The average Bonchev–Trinajstić information content (AvgIpc) is 3.05. The van der Waals surface area contributed by atoms with Crippen LogP contribution in [0.3, 0.4) is 0 Å². The number of rotatable bonds is 2. The molecule has 3 aliphatic rings. The third-order valence-electron chi connectivity index (χ3n) is 5.38. The van der Waals surface area contributed by atoms with Crippen LogP contribution in [-0.2, 0) is 27.5 Å². The van der Waals surface area contributed by atoms with Gasteiger partial charge in [0.2, 0.25) is 5.91 Å². The molecule has 7 nitrogen and oxygen atoms in total. The van der Waals surface area contributed by atoms with Crippen LogP contribution in [0.25, 0.3) is 0 Å². The van der Waals surface area contributed by atoms with E-state index in [9.17, 15) is 9.59 Å². The van der Waals surface area contributed by atoms with E-state index in [1.54, 1.807) is 7.05 Å². The van der Waals surface area contributed by atoms with Crippen molar-refractivity contribution in [2.75, 3.05) is 40.3 Å². The molecule has 134 valence electrons. The van der Waals surface area contributed by atoms with E-state index in [4.69, 9.17) is 9.47 Å². The number of fused-ring (bicyclic) bond motifs is 1. The van der Waals surface area contributed by atoms with Crippen molar-refractivity contribution >= 4 is 11.8 Å². The van der Waals surface area contributed by atoms with Crippen molar-refractivity contribution in [3.63, 3.8) is 0 Å². The quantitative estimate of drug-likeness (QED) is 0.816. The number of amides is 2. The van der Waals surface area contributed by atoms with Crippen LogP contribution in [0.1, 0.15) is 21.5 Å². The molecule has 2 fully saturated rings. The van der Waals surface area contributed by atoms with Crippen molar-refractivity contribution in [1.82, 2.24) is 15.1 Å². The second-order valence-electron chi connectivity index (χ2n) is 7.18. The van der Waals surface area contributed by atoms with E-state index in [2.05, 4.69) is 5.32 Å². The average molecular weight is 345 g/mol. The molecule has 3 aliphatic heterocycles. The van der Waals surface area contributed by atoms with Gasteiger partial charge in [0.15, 0.2) is 0 Å². The lowest BCUT2D eigenvalue weighted by atomic mass is 9.89. The first-order chi connectivity index (χ1) is 12.0. The number of hydrogen-bond donors (Lipinski definition) is 1. The molecule has 1 aromatic rings. The Morgan fingerprint density at radius 3 is 2.68 bits per heavy atom. The number of carbonyl (C=O) groups is 2. The second kappa shape index (κ2) is 6.09. The van der Waals surface area contributed by atoms with Gasteiger partial charge in [0.1, 0.15) is 11.6 Å². The highest BCUT2D eigenvalue weighted by Crippen LogP contribution is 2.32. The van der Waals surface area contributed by atoms with Gasteiger partial charge in [0, 0.05) is 19.2 Å². The van der Waals surface area contributed by atoms with Crippen molar-refractivity contribution in [3.8, 4) is 0 Å². The molecule has 0 saturated carbocycles. The first kappa shape index (κ1) is 16.5. The summed E-state index contributed by atoms with van der Waals surface area (Å²) >= 11 is 0. The Bertz CT molecular complexity index is 714. The highest BCUT2D eigenvalue weighted by atomic mass is 16.5. The lowest BCUT2D eigenvalue weighted by molar-refractivity contribution is -0.187. The summed E-state index contributed by atoms with van der Waals surface area (Å²) in [6.45, 7) is 3.33. The molecule has 4 rings (SSSR count). The molecule has 25 heavy (non-hydrogen) atoms. The Kier molecular flexibility index (Phi) is 4.02. The molecule has 0 bridgehead atoms. The smallest absolute Gasteiger partial charge is 0.254 e. The maximum atomic E-state index is 12.7. The van der Waals surface area contributed by atoms with Crippen molar-refractivity contribution in [2.24, 2.45) is 0 Å². The summed E-state index contributed by atoms with van der Waals surface area (Å²) < 4.78 is 11.4. The first-order valence-corrected chi connectivity index (χ1v) is 8.56. The molecular weight excluding hydrogens is 322 g/mol. The summed E-state index contributed by atoms with van der Waals surface area (Å²) in [5.41, 5.74) is 2.61. The van der Waals surface area contributed by atoms with Crippen molar-refractivity contribution in [1.29, 1.82) is 0 Å².